The fourth-order valence-electron chi connectivity index (χ4n) is 2.53. The van der Waals surface area contributed by atoms with Crippen LogP contribution in [0.3, 0.4) is 0 Å². The molecule has 118 valence electrons. The van der Waals surface area contributed by atoms with Crippen molar-refractivity contribution in [1.82, 2.24) is 10.6 Å². The van der Waals surface area contributed by atoms with E-state index >= 15 is 0 Å². The average Bonchev–Trinajstić information content (AvgIpc) is 3.05. The lowest BCUT2D eigenvalue weighted by molar-refractivity contribution is 0.0283. The van der Waals surface area contributed by atoms with Gasteiger partial charge in [-0.05, 0) is 33.1 Å². The standard InChI is InChI=1S/C14H27N3O2.HI/c1-3-15-13(16-9-12-5-8-18-10-12)17-11-14(2)6-4-7-19-14;/h12H,3-11H2,1-2H3,(H2,15,16,17);1H. The van der Waals surface area contributed by atoms with Gasteiger partial charge in [-0.1, -0.05) is 0 Å². The van der Waals surface area contributed by atoms with Gasteiger partial charge in [-0.15, -0.1) is 24.0 Å². The molecule has 0 aromatic rings. The molecule has 5 nitrogen and oxygen atoms in total. The molecule has 2 rings (SSSR count). The molecule has 0 aromatic carbocycles. The van der Waals surface area contributed by atoms with E-state index in [9.17, 15) is 0 Å². The molecule has 0 radical (unpaired) electrons. The van der Waals surface area contributed by atoms with Crippen LogP contribution in [0.5, 0.6) is 0 Å². The quantitative estimate of drug-likeness (QED) is 0.422. The van der Waals surface area contributed by atoms with Crippen molar-refractivity contribution in [2.24, 2.45) is 10.9 Å². The molecular formula is C14H28IN3O2. The van der Waals surface area contributed by atoms with Gasteiger partial charge >= 0.3 is 0 Å². The highest BCUT2D eigenvalue weighted by atomic mass is 127. The Kier molecular flexibility index (Phi) is 8.13. The lowest BCUT2D eigenvalue weighted by Crippen LogP contribution is -2.41. The number of nitrogens with zero attached hydrogens (tertiary/aromatic N) is 1. The topological polar surface area (TPSA) is 54.9 Å². The zero-order chi connectivity index (χ0) is 13.6. The molecule has 0 aliphatic carbocycles. The minimum atomic E-state index is -0.0706. The summed E-state index contributed by atoms with van der Waals surface area (Å²) in [6.07, 6.45) is 3.40. The van der Waals surface area contributed by atoms with Gasteiger partial charge in [-0.3, -0.25) is 4.99 Å². The number of nitrogens with one attached hydrogen (secondary N) is 2. The van der Waals surface area contributed by atoms with Crippen LogP contribution >= 0.6 is 24.0 Å². The fourth-order valence-corrected chi connectivity index (χ4v) is 2.53. The second-order valence-corrected chi connectivity index (χ2v) is 5.71. The van der Waals surface area contributed by atoms with E-state index in [0.29, 0.717) is 5.92 Å². The lowest BCUT2D eigenvalue weighted by Gasteiger charge is -2.22. The summed E-state index contributed by atoms with van der Waals surface area (Å²) in [5.41, 5.74) is -0.0706. The molecule has 0 spiro atoms. The molecule has 0 bridgehead atoms. The molecular weight excluding hydrogens is 369 g/mol. The zero-order valence-corrected chi connectivity index (χ0v) is 14.9. The van der Waals surface area contributed by atoms with Crippen LogP contribution < -0.4 is 10.6 Å². The molecule has 2 N–H and O–H groups in total. The summed E-state index contributed by atoms with van der Waals surface area (Å²) in [6, 6.07) is 0. The summed E-state index contributed by atoms with van der Waals surface area (Å²) in [5, 5.41) is 6.70. The van der Waals surface area contributed by atoms with Crippen LogP contribution in [0.4, 0.5) is 0 Å². The van der Waals surface area contributed by atoms with Crippen LogP contribution in [-0.2, 0) is 9.47 Å². The Bertz CT molecular complexity index is 301. The Balaban J connectivity index is 0.00000200. The van der Waals surface area contributed by atoms with Crippen molar-refractivity contribution >= 4 is 29.9 Å². The van der Waals surface area contributed by atoms with Gasteiger partial charge in [0, 0.05) is 32.2 Å². The van der Waals surface area contributed by atoms with Crippen LogP contribution in [0.15, 0.2) is 4.99 Å². The third kappa shape index (κ3) is 5.73. The molecule has 20 heavy (non-hydrogen) atoms. The first-order chi connectivity index (χ1) is 9.22. The monoisotopic (exact) mass is 397 g/mol. The van der Waals surface area contributed by atoms with E-state index < -0.39 is 0 Å². The second kappa shape index (κ2) is 9.04. The molecule has 6 heteroatoms. The molecule has 0 amide bonds. The van der Waals surface area contributed by atoms with Crippen molar-refractivity contribution < 1.29 is 9.47 Å². The highest BCUT2D eigenvalue weighted by Crippen LogP contribution is 2.24. The van der Waals surface area contributed by atoms with E-state index in [1.54, 1.807) is 0 Å². The first-order valence-electron chi connectivity index (χ1n) is 7.46. The SMILES string of the molecule is CCNC(=NCC1(C)CCCO1)NCC1CCOC1.I. The van der Waals surface area contributed by atoms with Crippen LogP contribution in [-0.4, -0.2) is 51.0 Å². The highest BCUT2D eigenvalue weighted by Gasteiger charge is 2.29. The van der Waals surface area contributed by atoms with E-state index in [-0.39, 0.29) is 29.6 Å². The average molecular weight is 397 g/mol. The number of hydrogen-bond acceptors (Lipinski definition) is 3. The minimum absolute atomic E-state index is 0. The van der Waals surface area contributed by atoms with Crippen molar-refractivity contribution in [2.75, 3.05) is 39.5 Å². The number of guanidine groups is 1. The maximum atomic E-state index is 5.76. The number of hydrogen-bond donors (Lipinski definition) is 2. The van der Waals surface area contributed by atoms with Crippen LogP contribution in [0.2, 0.25) is 0 Å². The number of ether oxygens (including phenoxy) is 2. The summed E-state index contributed by atoms with van der Waals surface area (Å²) in [5.74, 6) is 1.51. The van der Waals surface area contributed by atoms with Gasteiger partial charge < -0.3 is 20.1 Å². The number of rotatable bonds is 5. The predicted octanol–water partition coefficient (Wildman–Crippen LogP) is 1.77. The van der Waals surface area contributed by atoms with Gasteiger partial charge in [0.25, 0.3) is 0 Å². The first kappa shape index (κ1) is 18.0. The largest absolute Gasteiger partial charge is 0.381 e. The predicted molar refractivity (Wildman–Crippen MR) is 91.9 cm³/mol. The maximum Gasteiger partial charge on any atom is 0.191 e. The molecule has 0 aromatic heterocycles. The smallest absolute Gasteiger partial charge is 0.191 e. The summed E-state index contributed by atoms with van der Waals surface area (Å²) in [6.45, 7) is 9.41. The molecule has 2 unspecified atom stereocenters. The van der Waals surface area contributed by atoms with E-state index in [0.717, 1.165) is 64.7 Å². The van der Waals surface area contributed by atoms with Crippen LogP contribution in [0.1, 0.15) is 33.1 Å². The van der Waals surface area contributed by atoms with Gasteiger partial charge in [-0.25, -0.2) is 0 Å². The van der Waals surface area contributed by atoms with Crippen LogP contribution in [0, 0.1) is 5.92 Å². The number of halogens is 1. The molecule has 0 saturated carbocycles. The second-order valence-electron chi connectivity index (χ2n) is 5.71. The van der Waals surface area contributed by atoms with Crippen LogP contribution in [0.25, 0.3) is 0 Å². The van der Waals surface area contributed by atoms with Crippen molar-refractivity contribution in [2.45, 2.75) is 38.7 Å². The molecule has 2 atom stereocenters. The van der Waals surface area contributed by atoms with Crippen molar-refractivity contribution in [3.8, 4) is 0 Å². The van der Waals surface area contributed by atoms with Crippen molar-refractivity contribution in [3.63, 3.8) is 0 Å². The fraction of sp³-hybridized carbons (Fsp3) is 0.929. The van der Waals surface area contributed by atoms with Gasteiger partial charge in [0.2, 0.25) is 0 Å². The van der Waals surface area contributed by atoms with Gasteiger partial charge in [-0.2, -0.15) is 0 Å². The molecule has 2 saturated heterocycles. The Morgan fingerprint density at radius 1 is 1.35 bits per heavy atom. The summed E-state index contributed by atoms with van der Waals surface area (Å²) < 4.78 is 11.2. The Labute approximate surface area is 139 Å². The first-order valence-corrected chi connectivity index (χ1v) is 7.46. The van der Waals surface area contributed by atoms with Crippen molar-refractivity contribution in [1.29, 1.82) is 0 Å². The lowest BCUT2D eigenvalue weighted by atomic mass is 10.0. The molecule has 2 heterocycles. The summed E-state index contributed by atoms with van der Waals surface area (Å²) in [7, 11) is 0. The molecule has 2 aliphatic heterocycles. The Morgan fingerprint density at radius 3 is 2.80 bits per heavy atom. The van der Waals surface area contributed by atoms with E-state index in [1.807, 2.05) is 0 Å². The van der Waals surface area contributed by atoms with Gasteiger partial charge in [0.1, 0.15) is 0 Å². The molecule has 2 fully saturated rings. The zero-order valence-electron chi connectivity index (χ0n) is 12.6. The minimum Gasteiger partial charge on any atom is -0.381 e. The summed E-state index contributed by atoms with van der Waals surface area (Å²) >= 11 is 0. The third-order valence-electron chi connectivity index (χ3n) is 3.80. The van der Waals surface area contributed by atoms with Gasteiger partial charge in [0.15, 0.2) is 5.96 Å². The van der Waals surface area contributed by atoms with E-state index in [2.05, 4.69) is 29.5 Å². The number of aliphatic imine (C=N–C) groups is 1. The maximum absolute atomic E-state index is 5.76. The third-order valence-corrected chi connectivity index (χ3v) is 3.80. The van der Waals surface area contributed by atoms with Crippen molar-refractivity contribution in [3.05, 3.63) is 0 Å². The van der Waals surface area contributed by atoms with E-state index in [1.165, 1.54) is 0 Å². The van der Waals surface area contributed by atoms with E-state index in [4.69, 9.17) is 9.47 Å². The molecule has 2 aliphatic rings. The van der Waals surface area contributed by atoms with Gasteiger partial charge in [0.05, 0.1) is 18.8 Å². The Morgan fingerprint density at radius 2 is 2.20 bits per heavy atom. The highest BCUT2D eigenvalue weighted by molar-refractivity contribution is 14.0. The normalized spacial score (nSPS) is 30.1. The summed E-state index contributed by atoms with van der Waals surface area (Å²) in [4.78, 5) is 4.66. The Hall–Kier alpha value is -0.0800.